The minimum atomic E-state index is -0.476. The Bertz CT molecular complexity index is 273. The average Bonchev–Trinajstić information content (AvgIpc) is 2.32. The zero-order chi connectivity index (χ0) is 10.8. The molecule has 1 heterocycles. The molecule has 0 aromatic heterocycles. The molecule has 0 amide bonds. The fraction of sp³-hybridized carbons (Fsp3) is 0.700. The van der Waals surface area contributed by atoms with Gasteiger partial charge in [-0.15, -0.1) is 0 Å². The van der Waals surface area contributed by atoms with Crippen molar-refractivity contribution in [2.45, 2.75) is 31.9 Å². The molecule has 0 aromatic carbocycles. The van der Waals surface area contributed by atoms with Crippen LogP contribution in [0, 0.1) is 0 Å². The van der Waals surface area contributed by atoms with E-state index in [0.717, 1.165) is 0 Å². The van der Waals surface area contributed by atoms with Crippen molar-refractivity contribution in [2.24, 2.45) is 0 Å². The van der Waals surface area contributed by atoms with E-state index >= 15 is 0 Å². The van der Waals surface area contributed by atoms with E-state index < -0.39 is 4.75 Å². The molecule has 0 radical (unpaired) electrons. The minimum absolute atomic E-state index is 0.0264. The standard InChI is InChI=1S/C10H16O3S/c1-4-13-6-5-10(3)8(11)7(2)9(12)14-10/h11H,4-6H2,1-3H3. The smallest absolute Gasteiger partial charge is 0.219 e. The first-order chi connectivity index (χ1) is 6.51. The summed E-state index contributed by atoms with van der Waals surface area (Å²) in [5, 5.41) is 9.74. The third-order valence-electron chi connectivity index (χ3n) is 2.41. The number of aliphatic hydroxyl groups excluding tert-OH is 1. The van der Waals surface area contributed by atoms with Crippen LogP contribution in [0.3, 0.4) is 0 Å². The predicted octanol–water partition coefficient (Wildman–Crippen LogP) is 2.28. The normalized spacial score (nSPS) is 27.5. The van der Waals surface area contributed by atoms with Gasteiger partial charge in [0, 0.05) is 18.8 Å². The van der Waals surface area contributed by atoms with Crippen molar-refractivity contribution in [3.05, 3.63) is 11.3 Å². The molecule has 1 N–H and O–H groups in total. The first-order valence-electron chi connectivity index (χ1n) is 4.72. The molecule has 0 bridgehead atoms. The van der Waals surface area contributed by atoms with E-state index in [1.165, 1.54) is 11.8 Å². The fourth-order valence-corrected chi connectivity index (χ4v) is 2.50. The monoisotopic (exact) mass is 216 g/mol. The van der Waals surface area contributed by atoms with Crippen LogP contribution < -0.4 is 0 Å². The molecule has 0 spiro atoms. The Morgan fingerprint density at radius 2 is 2.21 bits per heavy atom. The molecule has 0 saturated heterocycles. The molecule has 3 nitrogen and oxygen atoms in total. The fourth-order valence-electron chi connectivity index (χ4n) is 1.40. The van der Waals surface area contributed by atoms with Gasteiger partial charge in [0.15, 0.2) is 0 Å². The van der Waals surface area contributed by atoms with Crippen LogP contribution in [0.2, 0.25) is 0 Å². The molecule has 1 aliphatic heterocycles. The maximum Gasteiger partial charge on any atom is 0.219 e. The van der Waals surface area contributed by atoms with Gasteiger partial charge in [-0.25, -0.2) is 0 Å². The number of carbonyl (C=O) groups is 1. The maximum atomic E-state index is 11.3. The largest absolute Gasteiger partial charge is 0.510 e. The van der Waals surface area contributed by atoms with Crippen LogP contribution in [-0.2, 0) is 9.53 Å². The molecule has 1 rings (SSSR count). The Morgan fingerprint density at radius 1 is 1.57 bits per heavy atom. The summed E-state index contributed by atoms with van der Waals surface area (Å²) in [6.45, 7) is 6.70. The SMILES string of the molecule is CCOCCC1(C)SC(=O)C(C)=C1O. The summed E-state index contributed by atoms with van der Waals surface area (Å²) < 4.78 is 4.75. The van der Waals surface area contributed by atoms with Gasteiger partial charge in [-0.05, 0) is 27.2 Å². The van der Waals surface area contributed by atoms with E-state index in [1.807, 2.05) is 13.8 Å². The van der Waals surface area contributed by atoms with E-state index in [1.54, 1.807) is 6.92 Å². The Hall–Kier alpha value is -0.480. The van der Waals surface area contributed by atoms with Crippen LogP contribution in [-0.4, -0.2) is 28.2 Å². The maximum absolute atomic E-state index is 11.3. The van der Waals surface area contributed by atoms with E-state index in [2.05, 4.69) is 0 Å². The number of thioether (sulfide) groups is 1. The second-order valence-corrected chi connectivity index (χ2v) is 5.02. The van der Waals surface area contributed by atoms with Gasteiger partial charge >= 0.3 is 0 Å². The molecule has 0 aliphatic carbocycles. The van der Waals surface area contributed by atoms with Crippen LogP contribution in [0.25, 0.3) is 0 Å². The predicted molar refractivity (Wildman–Crippen MR) is 57.4 cm³/mol. The zero-order valence-corrected chi connectivity index (χ0v) is 9.61. The molecule has 80 valence electrons. The zero-order valence-electron chi connectivity index (χ0n) is 8.79. The van der Waals surface area contributed by atoms with Crippen molar-refractivity contribution in [3.63, 3.8) is 0 Å². The Balaban J connectivity index is 2.63. The first-order valence-corrected chi connectivity index (χ1v) is 5.54. The number of hydrogen-bond donors (Lipinski definition) is 1. The molecular formula is C10H16O3S. The van der Waals surface area contributed by atoms with Crippen LogP contribution in [0.1, 0.15) is 27.2 Å². The number of rotatable bonds is 4. The van der Waals surface area contributed by atoms with Crippen LogP contribution in [0.4, 0.5) is 0 Å². The second-order valence-electron chi connectivity index (χ2n) is 3.54. The number of aliphatic hydroxyl groups is 1. The molecule has 0 saturated carbocycles. The summed E-state index contributed by atoms with van der Waals surface area (Å²) in [7, 11) is 0. The van der Waals surface area contributed by atoms with Crippen molar-refractivity contribution in [3.8, 4) is 0 Å². The van der Waals surface area contributed by atoms with E-state index in [-0.39, 0.29) is 10.9 Å². The van der Waals surface area contributed by atoms with Gasteiger partial charge in [-0.1, -0.05) is 11.8 Å². The summed E-state index contributed by atoms with van der Waals surface area (Å²) in [5.74, 6) is 0.215. The molecule has 1 unspecified atom stereocenters. The molecule has 4 heteroatoms. The first kappa shape index (κ1) is 11.6. The highest BCUT2D eigenvalue weighted by Crippen LogP contribution is 2.44. The third-order valence-corrected chi connectivity index (χ3v) is 3.75. The van der Waals surface area contributed by atoms with Crippen LogP contribution in [0.15, 0.2) is 11.3 Å². The number of carbonyl (C=O) groups excluding carboxylic acids is 1. The van der Waals surface area contributed by atoms with Gasteiger partial charge in [0.05, 0.1) is 4.75 Å². The van der Waals surface area contributed by atoms with Gasteiger partial charge in [0.2, 0.25) is 5.12 Å². The summed E-state index contributed by atoms with van der Waals surface area (Å²) in [6, 6.07) is 0. The molecule has 0 aromatic rings. The van der Waals surface area contributed by atoms with Crippen molar-refractivity contribution < 1.29 is 14.6 Å². The van der Waals surface area contributed by atoms with Crippen LogP contribution >= 0.6 is 11.8 Å². The number of hydrogen-bond acceptors (Lipinski definition) is 4. The van der Waals surface area contributed by atoms with Crippen molar-refractivity contribution in [1.82, 2.24) is 0 Å². The van der Waals surface area contributed by atoms with Gasteiger partial charge in [0.1, 0.15) is 5.76 Å². The highest BCUT2D eigenvalue weighted by Gasteiger charge is 2.41. The molecule has 0 fully saturated rings. The van der Waals surface area contributed by atoms with Crippen molar-refractivity contribution in [1.29, 1.82) is 0 Å². The lowest BCUT2D eigenvalue weighted by atomic mass is 10.0. The molecule has 1 atom stereocenters. The Labute approximate surface area is 88.5 Å². The summed E-state index contributed by atoms with van der Waals surface area (Å²) >= 11 is 1.19. The van der Waals surface area contributed by atoms with E-state index in [9.17, 15) is 9.90 Å². The quantitative estimate of drug-likeness (QED) is 0.732. The lowest BCUT2D eigenvalue weighted by Crippen LogP contribution is -2.22. The van der Waals surface area contributed by atoms with Crippen molar-refractivity contribution >= 4 is 16.9 Å². The minimum Gasteiger partial charge on any atom is -0.510 e. The summed E-state index contributed by atoms with van der Waals surface area (Å²) in [6.07, 6.45) is 0.667. The Kier molecular flexibility index (Phi) is 3.61. The highest BCUT2D eigenvalue weighted by molar-refractivity contribution is 8.15. The topological polar surface area (TPSA) is 46.5 Å². The second kappa shape index (κ2) is 4.36. The van der Waals surface area contributed by atoms with Gasteiger partial charge < -0.3 is 9.84 Å². The molecular weight excluding hydrogens is 200 g/mol. The average molecular weight is 216 g/mol. The lowest BCUT2D eigenvalue weighted by molar-refractivity contribution is -0.107. The number of ether oxygens (including phenoxy) is 1. The van der Waals surface area contributed by atoms with Gasteiger partial charge in [-0.3, -0.25) is 4.79 Å². The highest BCUT2D eigenvalue weighted by atomic mass is 32.2. The van der Waals surface area contributed by atoms with Gasteiger partial charge in [-0.2, -0.15) is 0 Å². The Morgan fingerprint density at radius 3 is 2.64 bits per heavy atom. The van der Waals surface area contributed by atoms with E-state index in [0.29, 0.717) is 25.2 Å². The molecule has 1 aliphatic rings. The van der Waals surface area contributed by atoms with E-state index in [4.69, 9.17) is 4.74 Å². The lowest BCUT2D eigenvalue weighted by Gasteiger charge is -2.21. The molecule has 14 heavy (non-hydrogen) atoms. The van der Waals surface area contributed by atoms with Gasteiger partial charge in [0.25, 0.3) is 0 Å². The van der Waals surface area contributed by atoms with Crippen LogP contribution in [0.5, 0.6) is 0 Å². The summed E-state index contributed by atoms with van der Waals surface area (Å²) in [4.78, 5) is 11.3. The third kappa shape index (κ3) is 2.12. The summed E-state index contributed by atoms with van der Waals surface area (Å²) in [5.41, 5.74) is 0.481. The van der Waals surface area contributed by atoms with Crippen molar-refractivity contribution in [2.75, 3.05) is 13.2 Å².